The van der Waals surface area contributed by atoms with E-state index in [1.54, 1.807) is 31.2 Å². The lowest BCUT2D eigenvalue weighted by Gasteiger charge is -2.22. The summed E-state index contributed by atoms with van der Waals surface area (Å²) in [6, 6.07) is 12.3. The van der Waals surface area contributed by atoms with Gasteiger partial charge in [-0.05, 0) is 56.5 Å². The summed E-state index contributed by atoms with van der Waals surface area (Å²) < 4.78 is 56.1. The van der Waals surface area contributed by atoms with E-state index in [1.807, 2.05) is 0 Å². The molecular weight excluding hydrogens is 479 g/mol. The van der Waals surface area contributed by atoms with Crippen molar-refractivity contribution in [1.29, 1.82) is 0 Å². The van der Waals surface area contributed by atoms with Gasteiger partial charge in [0.2, 0.25) is 5.92 Å². The Morgan fingerprint density at radius 2 is 1.75 bits per heavy atom. The zero-order valence-electron chi connectivity index (χ0n) is 20.4. The number of para-hydroxylation sites is 1. The van der Waals surface area contributed by atoms with E-state index in [9.17, 15) is 27.9 Å². The number of alkyl halides is 2. The van der Waals surface area contributed by atoms with Crippen molar-refractivity contribution in [3.8, 4) is 11.5 Å². The molecule has 0 fully saturated rings. The van der Waals surface area contributed by atoms with Crippen LogP contribution in [0.3, 0.4) is 0 Å². The van der Waals surface area contributed by atoms with Crippen molar-refractivity contribution in [2.45, 2.75) is 51.6 Å². The number of benzene rings is 2. The normalized spacial score (nSPS) is 12.1. The van der Waals surface area contributed by atoms with Crippen molar-refractivity contribution in [2.24, 2.45) is 0 Å². The molecule has 2 aromatic rings. The van der Waals surface area contributed by atoms with Gasteiger partial charge in [0.25, 0.3) is 0 Å². The third-order valence-corrected chi connectivity index (χ3v) is 5.20. The zero-order valence-corrected chi connectivity index (χ0v) is 20.4. The summed E-state index contributed by atoms with van der Waals surface area (Å²) in [4.78, 5) is 25.2. The number of halogens is 3. The monoisotopic (exact) mass is 511 g/mol. The van der Waals surface area contributed by atoms with Gasteiger partial charge in [-0.3, -0.25) is 0 Å². The third-order valence-electron chi connectivity index (χ3n) is 5.20. The van der Waals surface area contributed by atoms with Gasteiger partial charge in [0, 0.05) is 26.0 Å². The van der Waals surface area contributed by atoms with Crippen LogP contribution in [0.1, 0.15) is 38.7 Å². The maximum absolute atomic E-state index is 13.9. The van der Waals surface area contributed by atoms with Crippen LogP contribution in [0.2, 0.25) is 0 Å². The zero-order chi connectivity index (χ0) is 26.6. The van der Waals surface area contributed by atoms with E-state index in [1.165, 1.54) is 23.1 Å². The number of carboxylic acids is 1. The lowest BCUT2D eigenvalue weighted by Crippen LogP contribution is -2.37. The summed E-state index contributed by atoms with van der Waals surface area (Å²) in [7, 11) is 0. The average molecular weight is 512 g/mol. The summed E-state index contributed by atoms with van der Waals surface area (Å²) >= 11 is 0. The van der Waals surface area contributed by atoms with Crippen molar-refractivity contribution in [2.75, 3.05) is 26.3 Å². The van der Waals surface area contributed by atoms with Crippen LogP contribution in [0, 0.1) is 5.82 Å². The number of ether oxygens (including phenoxy) is 3. The fourth-order valence-electron chi connectivity index (χ4n) is 3.35. The second-order valence-electron chi connectivity index (χ2n) is 8.29. The van der Waals surface area contributed by atoms with E-state index >= 15 is 0 Å². The Morgan fingerprint density at radius 3 is 2.36 bits per heavy atom. The predicted octanol–water partition coefficient (Wildman–Crippen LogP) is 5.56. The van der Waals surface area contributed by atoms with Crippen LogP contribution in [0.4, 0.5) is 18.0 Å². The number of rotatable bonds is 15. The first-order valence-corrected chi connectivity index (χ1v) is 11.7. The Morgan fingerprint density at radius 1 is 1.06 bits per heavy atom. The smallest absolute Gasteiger partial charge is 0.415 e. The lowest BCUT2D eigenvalue weighted by atomic mass is 10.1. The van der Waals surface area contributed by atoms with Crippen LogP contribution in [-0.2, 0) is 16.0 Å². The highest BCUT2D eigenvalue weighted by Crippen LogP contribution is 2.21. The first-order chi connectivity index (χ1) is 17.1. The van der Waals surface area contributed by atoms with Gasteiger partial charge in [-0.1, -0.05) is 24.3 Å². The molecule has 0 saturated carbocycles. The molecule has 0 aromatic heterocycles. The summed E-state index contributed by atoms with van der Waals surface area (Å²) in [5.41, 5.74) is 0.756. The Kier molecular flexibility index (Phi) is 11.5. The molecule has 1 atom stereocenters. The molecule has 0 radical (unpaired) electrons. The molecule has 10 heteroatoms. The Labute approximate surface area is 208 Å². The predicted molar refractivity (Wildman–Crippen MR) is 127 cm³/mol. The summed E-state index contributed by atoms with van der Waals surface area (Å²) in [5.74, 6) is -4.25. The molecule has 7 nitrogen and oxygen atoms in total. The molecule has 0 heterocycles. The molecule has 0 spiro atoms. The molecule has 1 N–H and O–H groups in total. The number of hydrogen-bond acceptors (Lipinski definition) is 5. The summed E-state index contributed by atoms with van der Waals surface area (Å²) in [6.45, 7) is 3.15. The molecule has 0 aliphatic heterocycles. The van der Waals surface area contributed by atoms with Crippen LogP contribution >= 0.6 is 0 Å². The molecule has 0 aliphatic carbocycles. The molecule has 2 aromatic carbocycles. The summed E-state index contributed by atoms with van der Waals surface area (Å²) in [5, 5.41) is 9.21. The quantitative estimate of drug-likeness (QED) is 0.315. The maximum atomic E-state index is 13.9. The van der Waals surface area contributed by atoms with E-state index in [4.69, 9.17) is 14.2 Å². The fraction of sp³-hybridized carbons (Fsp3) is 0.462. The average Bonchev–Trinajstić information content (AvgIpc) is 2.82. The highest BCUT2D eigenvalue weighted by Gasteiger charge is 2.22. The molecule has 198 valence electrons. The van der Waals surface area contributed by atoms with E-state index in [-0.39, 0.29) is 51.3 Å². The molecule has 1 unspecified atom stereocenters. The van der Waals surface area contributed by atoms with Gasteiger partial charge in [0.15, 0.2) is 17.7 Å². The number of nitrogens with zero attached hydrogens (tertiary/aromatic N) is 1. The van der Waals surface area contributed by atoms with Crippen molar-refractivity contribution < 1.29 is 42.1 Å². The number of unbranched alkanes of at least 4 members (excludes halogenated alkanes) is 1. The second kappa shape index (κ2) is 14.3. The van der Waals surface area contributed by atoms with Crippen LogP contribution in [0.15, 0.2) is 48.5 Å². The molecular formula is C26H32F3NO6. The second-order valence-corrected chi connectivity index (χ2v) is 8.29. The van der Waals surface area contributed by atoms with Gasteiger partial charge in [-0.2, -0.15) is 0 Å². The van der Waals surface area contributed by atoms with Crippen molar-refractivity contribution in [3.63, 3.8) is 0 Å². The number of aliphatic carboxylic acids is 1. The minimum absolute atomic E-state index is 0.0757. The van der Waals surface area contributed by atoms with E-state index in [0.29, 0.717) is 12.2 Å². The number of hydrogen-bond donors (Lipinski definition) is 1. The van der Waals surface area contributed by atoms with E-state index < -0.39 is 29.9 Å². The van der Waals surface area contributed by atoms with Gasteiger partial charge >= 0.3 is 12.1 Å². The van der Waals surface area contributed by atoms with Crippen LogP contribution in [-0.4, -0.2) is 60.4 Å². The lowest BCUT2D eigenvalue weighted by molar-refractivity contribution is -0.149. The van der Waals surface area contributed by atoms with Gasteiger partial charge in [-0.25, -0.2) is 22.8 Å². The van der Waals surface area contributed by atoms with Gasteiger partial charge in [0.05, 0.1) is 6.54 Å². The Hall–Kier alpha value is -3.27. The third kappa shape index (κ3) is 10.6. The standard InChI is InChI=1S/C26H32F3NO6/c1-3-34-23(24(31)32)18-19-10-12-20(13-11-19)35-17-16-30(15-7-6-14-26(2,28)29)25(33)36-22-9-5-4-8-21(22)27/h4-5,8-13,23H,3,6-7,14-18H2,1-2H3,(H,31,32). The first-order valence-electron chi connectivity index (χ1n) is 11.7. The van der Waals surface area contributed by atoms with Gasteiger partial charge in [-0.15, -0.1) is 0 Å². The fourth-order valence-corrected chi connectivity index (χ4v) is 3.35. The first kappa shape index (κ1) is 29.0. The number of carbonyl (C=O) groups excluding carboxylic acids is 1. The molecule has 0 bridgehead atoms. The van der Waals surface area contributed by atoms with E-state index in [0.717, 1.165) is 18.6 Å². The Bertz CT molecular complexity index is 965. The highest BCUT2D eigenvalue weighted by atomic mass is 19.3. The highest BCUT2D eigenvalue weighted by molar-refractivity contribution is 5.72. The SMILES string of the molecule is CCOC(Cc1ccc(OCCN(CCCCC(C)(F)F)C(=O)Oc2ccccc2F)cc1)C(=O)O. The molecule has 2 rings (SSSR count). The van der Waals surface area contributed by atoms with E-state index in [2.05, 4.69) is 0 Å². The minimum atomic E-state index is -2.79. The molecule has 0 aliphatic rings. The molecule has 36 heavy (non-hydrogen) atoms. The van der Waals surface area contributed by atoms with Crippen molar-refractivity contribution >= 4 is 12.1 Å². The van der Waals surface area contributed by atoms with Crippen LogP contribution in [0.25, 0.3) is 0 Å². The van der Waals surface area contributed by atoms with Crippen molar-refractivity contribution in [3.05, 3.63) is 59.9 Å². The largest absolute Gasteiger partial charge is 0.492 e. The minimum Gasteiger partial charge on any atom is -0.492 e. The Balaban J connectivity index is 1.93. The molecule has 0 saturated heterocycles. The van der Waals surface area contributed by atoms with Gasteiger partial charge in [0.1, 0.15) is 12.4 Å². The van der Waals surface area contributed by atoms with Crippen LogP contribution < -0.4 is 9.47 Å². The number of amides is 1. The topological polar surface area (TPSA) is 85.3 Å². The maximum Gasteiger partial charge on any atom is 0.415 e. The molecule has 1 amide bonds. The summed E-state index contributed by atoms with van der Waals surface area (Å²) in [6.07, 6.45) is -1.33. The van der Waals surface area contributed by atoms with Gasteiger partial charge < -0.3 is 24.2 Å². The number of carbonyl (C=O) groups is 2. The van der Waals surface area contributed by atoms with Crippen LogP contribution in [0.5, 0.6) is 11.5 Å². The van der Waals surface area contributed by atoms with Crippen molar-refractivity contribution in [1.82, 2.24) is 4.90 Å². The number of carboxylic acid groups (broad SMARTS) is 1.